The number of morpholine rings is 2. The number of halogens is 3. The van der Waals surface area contributed by atoms with Gasteiger partial charge in [-0.25, -0.2) is 14.4 Å². The summed E-state index contributed by atoms with van der Waals surface area (Å²) in [6.45, 7) is 4.88. The molecule has 2 unspecified atom stereocenters. The van der Waals surface area contributed by atoms with Crippen molar-refractivity contribution in [3.8, 4) is 5.75 Å². The van der Waals surface area contributed by atoms with Crippen LogP contribution in [0.3, 0.4) is 0 Å². The Bertz CT molecular complexity index is 1370. The van der Waals surface area contributed by atoms with Crippen molar-refractivity contribution in [1.29, 1.82) is 0 Å². The molecule has 4 aliphatic rings. The van der Waals surface area contributed by atoms with Gasteiger partial charge < -0.3 is 29.1 Å². The fourth-order valence-electron chi connectivity index (χ4n) is 5.88. The number of allylic oxidation sites excluding steroid dienone is 4. The van der Waals surface area contributed by atoms with E-state index in [1.807, 2.05) is 0 Å². The van der Waals surface area contributed by atoms with Crippen LogP contribution in [0, 0.1) is 0 Å². The van der Waals surface area contributed by atoms with Crippen molar-refractivity contribution < 1.29 is 32.5 Å². The van der Waals surface area contributed by atoms with E-state index in [-0.39, 0.29) is 29.8 Å². The maximum atomic E-state index is 15.3. The number of aromatic nitrogens is 2. The van der Waals surface area contributed by atoms with Crippen molar-refractivity contribution in [3.05, 3.63) is 89.4 Å². The number of benzene rings is 1. The summed E-state index contributed by atoms with van der Waals surface area (Å²) >= 11 is 0. The third-order valence-corrected chi connectivity index (χ3v) is 7.79. The summed E-state index contributed by atoms with van der Waals surface area (Å²) in [7, 11) is 0. The molecular formula is C29H29F3N4O4. The lowest BCUT2D eigenvalue weighted by molar-refractivity contribution is -0.0506. The van der Waals surface area contributed by atoms with Gasteiger partial charge in [0.15, 0.2) is 0 Å². The predicted octanol–water partition coefficient (Wildman–Crippen LogP) is 4.53. The van der Waals surface area contributed by atoms with Crippen LogP contribution in [0.1, 0.15) is 30.4 Å². The number of ether oxygens (including phenoxy) is 3. The molecule has 1 aromatic heterocycles. The number of aliphatic hydroxyl groups is 1. The number of rotatable bonds is 6. The monoisotopic (exact) mass is 554 g/mol. The van der Waals surface area contributed by atoms with E-state index in [9.17, 15) is 13.9 Å². The zero-order valence-electron chi connectivity index (χ0n) is 21.8. The second-order valence-corrected chi connectivity index (χ2v) is 10.2. The van der Waals surface area contributed by atoms with Gasteiger partial charge in [-0.15, -0.1) is 0 Å². The SMILES string of the molecule is C=C1C=C(F)C(c2cnc(N3C4COCC3COC4)nc2)=CN1C1=C(C)C(O)CC1c1ccccc1OC(F)F. The van der Waals surface area contributed by atoms with Crippen LogP contribution in [0.4, 0.5) is 19.1 Å². The largest absolute Gasteiger partial charge is 0.435 e. The lowest BCUT2D eigenvalue weighted by Crippen LogP contribution is -2.60. The lowest BCUT2D eigenvalue weighted by Gasteiger charge is -2.45. The van der Waals surface area contributed by atoms with E-state index in [0.29, 0.717) is 60.5 Å². The van der Waals surface area contributed by atoms with E-state index in [1.54, 1.807) is 48.6 Å². The van der Waals surface area contributed by atoms with E-state index in [4.69, 9.17) is 14.2 Å². The highest BCUT2D eigenvalue weighted by Crippen LogP contribution is 2.47. The van der Waals surface area contributed by atoms with Crippen molar-refractivity contribution in [2.75, 3.05) is 31.3 Å². The third-order valence-electron chi connectivity index (χ3n) is 7.79. The first-order valence-corrected chi connectivity index (χ1v) is 13.1. The molecule has 8 nitrogen and oxygen atoms in total. The number of fused-ring (bicyclic) bond motifs is 2. The number of para-hydroxylation sites is 1. The molecule has 11 heteroatoms. The topological polar surface area (TPSA) is 80.2 Å². The highest BCUT2D eigenvalue weighted by atomic mass is 19.3. The molecule has 2 atom stereocenters. The normalized spacial score (nSPS) is 26.8. The highest BCUT2D eigenvalue weighted by molar-refractivity contribution is 5.79. The van der Waals surface area contributed by atoms with Gasteiger partial charge in [0.1, 0.15) is 11.6 Å². The molecule has 4 heterocycles. The first-order chi connectivity index (χ1) is 19.3. The molecule has 0 radical (unpaired) electrons. The molecule has 2 aromatic rings. The number of hydrogen-bond donors (Lipinski definition) is 1. The molecule has 6 rings (SSSR count). The zero-order chi connectivity index (χ0) is 28.0. The van der Waals surface area contributed by atoms with Gasteiger partial charge in [0.05, 0.1) is 44.6 Å². The maximum absolute atomic E-state index is 15.3. The predicted molar refractivity (Wildman–Crippen MR) is 141 cm³/mol. The van der Waals surface area contributed by atoms with E-state index in [0.717, 1.165) is 0 Å². The van der Waals surface area contributed by atoms with Gasteiger partial charge in [-0.1, -0.05) is 24.8 Å². The molecule has 0 saturated carbocycles. The minimum atomic E-state index is -3.00. The zero-order valence-corrected chi connectivity index (χ0v) is 21.8. The van der Waals surface area contributed by atoms with Crippen molar-refractivity contribution in [2.45, 2.75) is 44.1 Å². The smallest absolute Gasteiger partial charge is 0.387 e. The summed E-state index contributed by atoms with van der Waals surface area (Å²) in [6.07, 6.45) is 5.49. The van der Waals surface area contributed by atoms with Crippen LogP contribution in [-0.4, -0.2) is 71.2 Å². The van der Waals surface area contributed by atoms with Crippen LogP contribution in [0.2, 0.25) is 0 Å². The summed E-state index contributed by atoms with van der Waals surface area (Å²) in [5.41, 5.74) is 2.79. The third kappa shape index (κ3) is 4.78. The Morgan fingerprint density at radius 1 is 1.07 bits per heavy atom. The molecule has 0 amide bonds. The van der Waals surface area contributed by atoms with E-state index in [2.05, 4.69) is 21.4 Å². The summed E-state index contributed by atoms with van der Waals surface area (Å²) in [5.74, 6) is -0.447. The summed E-state index contributed by atoms with van der Waals surface area (Å²) in [4.78, 5) is 12.9. The second kappa shape index (κ2) is 10.7. The molecule has 1 aromatic carbocycles. The Balaban J connectivity index is 1.33. The Morgan fingerprint density at radius 3 is 2.38 bits per heavy atom. The molecule has 0 spiro atoms. The molecule has 40 heavy (non-hydrogen) atoms. The van der Waals surface area contributed by atoms with Crippen molar-refractivity contribution in [1.82, 2.24) is 14.9 Å². The van der Waals surface area contributed by atoms with E-state index >= 15 is 4.39 Å². The summed E-state index contributed by atoms with van der Waals surface area (Å²) < 4.78 is 57.7. The van der Waals surface area contributed by atoms with Crippen molar-refractivity contribution in [3.63, 3.8) is 0 Å². The Morgan fingerprint density at radius 2 is 1.73 bits per heavy atom. The van der Waals surface area contributed by atoms with Gasteiger partial charge in [-0.2, -0.15) is 8.78 Å². The molecule has 210 valence electrons. The van der Waals surface area contributed by atoms with Crippen molar-refractivity contribution in [2.24, 2.45) is 0 Å². The average molecular weight is 555 g/mol. The minimum Gasteiger partial charge on any atom is -0.435 e. The average Bonchev–Trinajstić information content (AvgIpc) is 3.22. The Labute approximate surface area is 229 Å². The molecule has 2 saturated heterocycles. The number of aliphatic hydroxyl groups excluding tert-OH is 1. The number of nitrogens with zero attached hydrogens (tertiary/aromatic N) is 4. The first kappa shape index (κ1) is 26.5. The summed E-state index contributed by atoms with van der Waals surface area (Å²) in [5, 5.41) is 10.8. The number of anilines is 1. The van der Waals surface area contributed by atoms with Gasteiger partial charge in [-0.05, 0) is 31.1 Å². The molecule has 2 fully saturated rings. The van der Waals surface area contributed by atoms with E-state index in [1.165, 1.54) is 12.1 Å². The standard InChI is InChI=1S/C29H29F3N4O4/c1-16-7-24(30)23(18-9-33-29(34-10-18)36-19-12-38-14-20(36)15-39-13-19)11-35(16)27-17(2)25(37)8-22(27)21-5-3-4-6-26(21)40-28(31)32/h3-7,9-11,19-20,22,25,28,37H,1,8,12-15H2,2H3. The Kier molecular flexibility index (Phi) is 7.11. The Hall–Kier alpha value is -3.67. The molecular weight excluding hydrogens is 525 g/mol. The van der Waals surface area contributed by atoms with Crippen LogP contribution >= 0.6 is 0 Å². The minimum absolute atomic E-state index is 0.0141. The van der Waals surface area contributed by atoms with Gasteiger partial charge in [0, 0.05) is 52.6 Å². The number of hydrogen-bond acceptors (Lipinski definition) is 8. The van der Waals surface area contributed by atoms with Crippen LogP contribution in [-0.2, 0) is 9.47 Å². The maximum Gasteiger partial charge on any atom is 0.387 e. The van der Waals surface area contributed by atoms with Crippen LogP contribution < -0.4 is 9.64 Å². The molecule has 1 aliphatic carbocycles. The highest BCUT2D eigenvalue weighted by Gasteiger charge is 2.39. The molecule has 2 bridgehead atoms. The fourth-order valence-corrected chi connectivity index (χ4v) is 5.88. The van der Waals surface area contributed by atoms with Crippen molar-refractivity contribution >= 4 is 11.5 Å². The van der Waals surface area contributed by atoms with Crippen LogP contribution in [0.15, 0.2) is 78.3 Å². The molecule has 1 N–H and O–H groups in total. The summed E-state index contributed by atoms with van der Waals surface area (Å²) in [6, 6.07) is 6.53. The van der Waals surface area contributed by atoms with Gasteiger partial charge >= 0.3 is 6.61 Å². The quantitative estimate of drug-likeness (QED) is 0.558. The first-order valence-electron chi connectivity index (χ1n) is 13.1. The molecule has 3 aliphatic heterocycles. The number of alkyl halides is 2. The van der Waals surface area contributed by atoms with Gasteiger partial charge in [0.25, 0.3) is 0 Å². The van der Waals surface area contributed by atoms with E-state index < -0.39 is 24.5 Å². The van der Waals surface area contributed by atoms with Crippen LogP contribution in [0.25, 0.3) is 5.57 Å². The lowest BCUT2D eigenvalue weighted by atomic mass is 9.93. The van der Waals surface area contributed by atoms with Crippen LogP contribution in [0.5, 0.6) is 5.75 Å². The van der Waals surface area contributed by atoms with Gasteiger partial charge in [-0.3, -0.25) is 0 Å². The van der Waals surface area contributed by atoms with Gasteiger partial charge in [0.2, 0.25) is 5.95 Å². The second-order valence-electron chi connectivity index (χ2n) is 10.2. The fraction of sp³-hybridized carbons (Fsp3) is 0.379.